The van der Waals surface area contributed by atoms with E-state index in [2.05, 4.69) is 0 Å². The number of nitrogens with zero attached hydrogens (tertiary/aromatic N) is 1. The highest BCUT2D eigenvalue weighted by molar-refractivity contribution is 7.89. The highest BCUT2D eigenvalue weighted by Crippen LogP contribution is 2.25. The van der Waals surface area contributed by atoms with E-state index < -0.39 is 10.0 Å². The molecule has 0 aliphatic rings. The van der Waals surface area contributed by atoms with Crippen LogP contribution in [0.3, 0.4) is 0 Å². The van der Waals surface area contributed by atoms with Crippen molar-refractivity contribution in [2.24, 2.45) is 0 Å². The normalized spacial score (nSPS) is 12.2. The second-order valence-electron chi connectivity index (χ2n) is 4.52. The molecule has 0 amide bonds. The van der Waals surface area contributed by atoms with Crippen molar-refractivity contribution >= 4 is 32.4 Å². The second kappa shape index (κ2) is 6.57. The number of sulfonamides is 1. The number of hydrogen-bond donors (Lipinski definition) is 0. The first kappa shape index (κ1) is 15.3. The van der Waals surface area contributed by atoms with Gasteiger partial charge in [0, 0.05) is 24.4 Å². The maximum Gasteiger partial charge on any atom is 0.243 e. The summed E-state index contributed by atoms with van der Waals surface area (Å²) in [7, 11) is -3.48. The van der Waals surface area contributed by atoms with Crippen LogP contribution >= 0.6 is 11.6 Å². The van der Waals surface area contributed by atoms with E-state index in [4.69, 9.17) is 11.6 Å². The summed E-state index contributed by atoms with van der Waals surface area (Å²) in [4.78, 5) is 0.368. The van der Waals surface area contributed by atoms with E-state index in [1.54, 1.807) is 12.1 Å². The number of alkyl halides is 1. The topological polar surface area (TPSA) is 37.4 Å². The van der Waals surface area contributed by atoms with Gasteiger partial charge in [0.2, 0.25) is 10.0 Å². The third kappa shape index (κ3) is 2.97. The minimum atomic E-state index is -3.48. The van der Waals surface area contributed by atoms with Crippen LogP contribution in [0, 0.1) is 0 Å². The van der Waals surface area contributed by atoms with Gasteiger partial charge in [-0.3, -0.25) is 0 Å². The lowest BCUT2D eigenvalue weighted by atomic mass is 10.1. The minimum Gasteiger partial charge on any atom is -0.207 e. The summed E-state index contributed by atoms with van der Waals surface area (Å²) < 4.78 is 27.0. The molecule has 0 spiro atoms. The molecule has 0 atom stereocenters. The Bertz CT molecular complexity index is 680. The number of rotatable bonds is 6. The fourth-order valence-electron chi connectivity index (χ4n) is 2.24. The third-order valence-corrected chi connectivity index (χ3v) is 5.56. The van der Waals surface area contributed by atoms with E-state index in [-0.39, 0.29) is 0 Å². The van der Waals surface area contributed by atoms with Crippen LogP contribution in [-0.2, 0) is 10.0 Å². The molecule has 20 heavy (non-hydrogen) atoms. The number of halogens is 1. The van der Waals surface area contributed by atoms with E-state index in [1.807, 2.05) is 37.3 Å². The second-order valence-corrected chi connectivity index (χ2v) is 6.80. The first-order valence-corrected chi connectivity index (χ1v) is 8.62. The van der Waals surface area contributed by atoms with Gasteiger partial charge in [0.1, 0.15) is 0 Å². The molecule has 0 saturated carbocycles. The Morgan fingerprint density at radius 2 is 1.80 bits per heavy atom. The van der Waals surface area contributed by atoms with E-state index in [0.29, 0.717) is 30.3 Å². The van der Waals surface area contributed by atoms with Crippen LogP contribution in [0.2, 0.25) is 0 Å². The molecule has 0 N–H and O–H groups in total. The zero-order valence-electron chi connectivity index (χ0n) is 11.4. The lowest BCUT2D eigenvalue weighted by Crippen LogP contribution is -2.32. The lowest BCUT2D eigenvalue weighted by molar-refractivity contribution is 0.428. The van der Waals surface area contributed by atoms with Crippen molar-refractivity contribution in [1.82, 2.24) is 4.31 Å². The van der Waals surface area contributed by atoms with Crippen LogP contribution in [0.5, 0.6) is 0 Å². The highest BCUT2D eigenvalue weighted by atomic mass is 35.5. The van der Waals surface area contributed by atoms with Crippen LogP contribution in [0.15, 0.2) is 47.4 Å². The van der Waals surface area contributed by atoms with Crippen molar-refractivity contribution in [3.8, 4) is 0 Å². The van der Waals surface area contributed by atoms with E-state index in [0.717, 1.165) is 10.8 Å². The molecule has 0 heterocycles. The molecule has 0 saturated heterocycles. The first-order chi connectivity index (χ1) is 9.61. The molecule has 0 radical (unpaired) electrons. The molecule has 0 aromatic heterocycles. The molecule has 3 nitrogen and oxygen atoms in total. The number of benzene rings is 2. The van der Waals surface area contributed by atoms with Gasteiger partial charge >= 0.3 is 0 Å². The summed E-state index contributed by atoms with van der Waals surface area (Å²) in [6.07, 6.45) is 0.652. The predicted molar refractivity (Wildman–Crippen MR) is 83.7 cm³/mol. The molecule has 0 bridgehead atoms. The molecule has 0 aliphatic carbocycles. The predicted octanol–water partition coefficient (Wildman–Crippen LogP) is 3.48. The Labute approximate surface area is 125 Å². The van der Waals surface area contributed by atoms with E-state index >= 15 is 0 Å². The van der Waals surface area contributed by atoms with Crippen LogP contribution in [0.4, 0.5) is 0 Å². The average molecular weight is 312 g/mol. The fraction of sp³-hybridized carbons (Fsp3) is 0.333. The Morgan fingerprint density at radius 3 is 2.50 bits per heavy atom. The smallest absolute Gasteiger partial charge is 0.207 e. The minimum absolute atomic E-state index is 0.368. The van der Waals surface area contributed by atoms with Gasteiger partial charge < -0.3 is 0 Å². The fourth-order valence-corrected chi connectivity index (χ4v) is 4.07. The first-order valence-electron chi connectivity index (χ1n) is 6.65. The highest BCUT2D eigenvalue weighted by Gasteiger charge is 2.24. The van der Waals surface area contributed by atoms with Gasteiger partial charge in [-0.25, -0.2) is 8.42 Å². The van der Waals surface area contributed by atoms with Crippen LogP contribution in [0.1, 0.15) is 13.3 Å². The van der Waals surface area contributed by atoms with Crippen molar-refractivity contribution in [2.75, 3.05) is 19.0 Å². The zero-order valence-corrected chi connectivity index (χ0v) is 13.0. The molecular formula is C15H18ClNO2S. The maximum absolute atomic E-state index is 12.8. The van der Waals surface area contributed by atoms with Crippen molar-refractivity contribution < 1.29 is 8.42 Å². The third-order valence-electron chi connectivity index (χ3n) is 3.26. The molecule has 2 aromatic carbocycles. The molecule has 5 heteroatoms. The number of fused-ring (bicyclic) bond motifs is 1. The van der Waals surface area contributed by atoms with Gasteiger partial charge in [0.25, 0.3) is 0 Å². The molecule has 0 unspecified atom stereocenters. The van der Waals surface area contributed by atoms with Crippen LogP contribution in [-0.4, -0.2) is 31.7 Å². The Kier molecular flexibility index (Phi) is 5.02. The standard InChI is InChI=1S/C15H18ClNO2S/c1-2-17(12-6-11-16)20(18,19)15-10-5-8-13-7-3-4-9-14(13)15/h3-5,7-10H,2,6,11-12H2,1H3. The molecule has 2 rings (SSSR count). The monoisotopic (exact) mass is 311 g/mol. The molecular weight excluding hydrogens is 294 g/mol. The quantitative estimate of drug-likeness (QED) is 0.766. The van der Waals surface area contributed by atoms with Crippen molar-refractivity contribution in [1.29, 1.82) is 0 Å². The lowest BCUT2D eigenvalue weighted by Gasteiger charge is -2.21. The Hall–Kier alpha value is -1.10. The van der Waals surface area contributed by atoms with E-state index in [1.165, 1.54) is 4.31 Å². The molecule has 0 aliphatic heterocycles. The Balaban J connectivity index is 2.51. The van der Waals surface area contributed by atoms with Gasteiger partial charge in [-0.1, -0.05) is 43.3 Å². The Morgan fingerprint density at radius 1 is 1.10 bits per heavy atom. The van der Waals surface area contributed by atoms with Crippen molar-refractivity contribution in [2.45, 2.75) is 18.2 Å². The number of hydrogen-bond acceptors (Lipinski definition) is 2. The van der Waals surface area contributed by atoms with Crippen LogP contribution in [0.25, 0.3) is 10.8 Å². The van der Waals surface area contributed by atoms with Gasteiger partial charge in [0.15, 0.2) is 0 Å². The van der Waals surface area contributed by atoms with Crippen molar-refractivity contribution in [3.05, 3.63) is 42.5 Å². The summed E-state index contributed by atoms with van der Waals surface area (Å²) in [6, 6.07) is 12.9. The average Bonchev–Trinajstić information content (AvgIpc) is 2.47. The molecule has 0 fully saturated rings. The van der Waals surface area contributed by atoms with Gasteiger partial charge in [-0.2, -0.15) is 4.31 Å². The van der Waals surface area contributed by atoms with Gasteiger partial charge in [0.05, 0.1) is 4.90 Å². The summed E-state index contributed by atoms with van der Waals surface area (Å²) >= 11 is 5.67. The SMILES string of the molecule is CCN(CCCCl)S(=O)(=O)c1cccc2ccccc12. The molecule has 108 valence electrons. The summed E-state index contributed by atoms with van der Waals surface area (Å²) in [5.41, 5.74) is 0. The maximum atomic E-state index is 12.8. The van der Waals surface area contributed by atoms with Crippen LogP contribution < -0.4 is 0 Å². The van der Waals surface area contributed by atoms with Gasteiger partial charge in [-0.15, -0.1) is 11.6 Å². The zero-order chi connectivity index (χ0) is 14.6. The van der Waals surface area contributed by atoms with Crippen molar-refractivity contribution in [3.63, 3.8) is 0 Å². The largest absolute Gasteiger partial charge is 0.243 e. The molecule has 2 aromatic rings. The summed E-state index contributed by atoms with van der Waals surface area (Å²) in [5, 5.41) is 1.70. The van der Waals surface area contributed by atoms with Gasteiger partial charge in [-0.05, 0) is 17.9 Å². The summed E-state index contributed by atoms with van der Waals surface area (Å²) in [5.74, 6) is 0.460. The summed E-state index contributed by atoms with van der Waals surface area (Å²) in [6.45, 7) is 2.74. The van der Waals surface area contributed by atoms with E-state index in [9.17, 15) is 8.42 Å².